The van der Waals surface area contributed by atoms with Crippen molar-refractivity contribution in [2.24, 2.45) is 5.10 Å². The molecule has 0 aliphatic heterocycles. The third kappa shape index (κ3) is 5.13. The Hall–Kier alpha value is -3.81. The molecule has 0 unspecified atom stereocenters. The molecule has 0 aliphatic rings. The predicted molar refractivity (Wildman–Crippen MR) is 112 cm³/mol. The maximum atomic E-state index is 12.6. The molecule has 3 aromatic rings. The highest BCUT2D eigenvalue weighted by Crippen LogP contribution is 2.17. The highest BCUT2D eigenvalue weighted by atomic mass is 16.5. The molecular formula is C21H23N5O3. The van der Waals surface area contributed by atoms with E-state index in [1.54, 1.807) is 27.4 Å². The minimum atomic E-state index is -0.241. The van der Waals surface area contributed by atoms with E-state index in [1.807, 2.05) is 48.5 Å². The smallest absolute Gasteiger partial charge is 0.257 e. The van der Waals surface area contributed by atoms with E-state index in [2.05, 4.69) is 26.0 Å². The Morgan fingerprint density at radius 3 is 2.31 bits per heavy atom. The number of carbonyl (C=O) groups is 1. The fourth-order valence-corrected chi connectivity index (χ4v) is 2.66. The molecule has 3 rings (SSSR count). The van der Waals surface area contributed by atoms with Crippen LogP contribution in [0.15, 0.2) is 53.6 Å². The van der Waals surface area contributed by atoms with Crippen LogP contribution in [0.5, 0.6) is 11.5 Å². The number of amides is 1. The molecule has 0 saturated heterocycles. The molecule has 1 amide bonds. The molecule has 0 saturated carbocycles. The first-order chi connectivity index (χ1) is 14.1. The van der Waals surface area contributed by atoms with E-state index in [9.17, 15) is 4.79 Å². The van der Waals surface area contributed by atoms with Gasteiger partial charge < -0.3 is 14.8 Å². The highest BCUT2D eigenvalue weighted by Gasteiger charge is 2.17. The Kier molecular flexibility index (Phi) is 6.47. The number of nitrogens with zero attached hydrogens (tertiary/aromatic N) is 2. The van der Waals surface area contributed by atoms with Crippen LogP contribution < -0.4 is 20.2 Å². The minimum Gasteiger partial charge on any atom is -0.497 e. The van der Waals surface area contributed by atoms with Crippen LogP contribution in [0.3, 0.4) is 0 Å². The lowest BCUT2D eigenvalue weighted by molar-refractivity contribution is 0.0951. The second-order valence-electron chi connectivity index (χ2n) is 6.25. The van der Waals surface area contributed by atoms with Gasteiger partial charge in [-0.05, 0) is 54.4 Å². The summed E-state index contributed by atoms with van der Waals surface area (Å²) in [7, 11) is 3.23. The second-order valence-corrected chi connectivity index (χ2v) is 6.25. The zero-order chi connectivity index (χ0) is 20.6. The van der Waals surface area contributed by atoms with Crippen molar-refractivity contribution in [3.05, 3.63) is 70.9 Å². The first kappa shape index (κ1) is 19.9. The van der Waals surface area contributed by atoms with Crippen LogP contribution in [0.2, 0.25) is 0 Å². The molecule has 3 N–H and O–H groups in total. The van der Waals surface area contributed by atoms with Crippen LogP contribution in [0, 0.1) is 6.92 Å². The van der Waals surface area contributed by atoms with Gasteiger partial charge in [0.25, 0.3) is 5.91 Å². The maximum absolute atomic E-state index is 12.6. The number of nitrogens with one attached hydrogen (secondary N) is 3. The largest absolute Gasteiger partial charge is 0.497 e. The van der Waals surface area contributed by atoms with Crippen molar-refractivity contribution in [2.45, 2.75) is 13.5 Å². The van der Waals surface area contributed by atoms with Crippen molar-refractivity contribution in [3.63, 3.8) is 0 Å². The first-order valence-corrected chi connectivity index (χ1v) is 9.00. The van der Waals surface area contributed by atoms with Crippen molar-refractivity contribution < 1.29 is 14.3 Å². The van der Waals surface area contributed by atoms with Gasteiger partial charge in [-0.25, -0.2) is 0 Å². The van der Waals surface area contributed by atoms with Gasteiger partial charge in [-0.15, -0.1) is 0 Å². The molecule has 150 valence electrons. The molecule has 0 spiro atoms. The van der Waals surface area contributed by atoms with Gasteiger partial charge in [0, 0.05) is 12.2 Å². The van der Waals surface area contributed by atoms with Gasteiger partial charge in [0.2, 0.25) is 0 Å². The van der Waals surface area contributed by atoms with Crippen molar-refractivity contribution in [1.82, 2.24) is 15.5 Å². The molecule has 1 aromatic heterocycles. The number of anilines is 1. The van der Waals surface area contributed by atoms with Crippen LogP contribution in [-0.2, 0) is 6.54 Å². The zero-order valence-corrected chi connectivity index (χ0v) is 16.5. The Balaban J connectivity index is 1.62. The van der Waals surface area contributed by atoms with Crippen molar-refractivity contribution in [2.75, 3.05) is 19.6 Å². The molecule has 0 aliphatic carbocycles. The molecule has 1 heterocycles. The quantitative estimate of drug-likeness (QED) is 0.403. The van der Waals surface area contributed by atoms with Crippen LogP contribution in [0.1, 0.15) is 27.2 Å². The number of aryl methyl sites for hydroxylation is 1. The Morgan fingerprint density at radius 1 is 1.07 bits per heavy atom. The molecule has 2 aromatic carbocycles. The zero-order valence-electron chi connectivity index (χ0n) is 16.5. The van der Waals surface area contributed by atoms with Gasteiger partial charge in [0.15, 0.2) is 5.82 Å². The predicted octanol–water partition coefficient (Wildman–Crippen LogP) is 3.11. The topological polar surface area (TPSA) is 101 Å². The molecule has 8 nitrogen and oxygen atoms in total. The summed E-state index contributed by atoms with van der Waals surface area (Å²) in [5, 5.41) is 14.0. The van der Waals surface area contributed by atoms with E-state index in [-0.39, 0.29) is 5.91 Å². The van der Waals surface area contributed by atoms with Crippen LogP contribution in [0.25, 0.3) is 0 Å². The lowest BCUT2D eigenvalue weighted by atomic mass is 10.2. The number of ether oxygens (including phenoxy) is 2. The van der Waals surface area contributed by atoms with E-state index in [1.165, 1.54) is 0 Å². The number of methoxy groups -OCH3 is 2. The third-order valence-electron chi connectivity index (χ3n) is 4.29. The Labute approximate surface area is 168 Å². The van der Waals surface area contributed by atoms with Gasteiger partial charge in [0.1, 0.15) is 17.1 Å². The SMILES string of the molecule is COc1ccc(/C=N/Nc2n[nH]c(C)c2C(=O)NCc2ccc(OC)cc2)cc1. The average Bonchev–Trinajstić information content (AvgIpc) is 3.13. The lowest BCUT2D eigenvalue weighted by Crippen LogP contribution is -2.24. The second kappa shape index (κ2) is 9.41. The number of aromatic nitrogens is 2. The van der Waals surface area contributed by atoms with Gasteiger partial charge in [-0.2, -0.15) is 10.2 Å². The number of hydrogen-bond acceptors (Lipinski definition) is 6. The monoisotopic (exact) mass is 393 g/mol. The average molecular weight is 393 g/mol. The van der Waals surface area contributed by atoms with Crippen LogP contribution in [-0.4, -0.2) is 36.5 Å². The highest BCUT2D eigenvalue weighted by molar-refractivity contribution is 6.00. The lowest BCUT2D eigenvalue weighted by Gasteiger charge is -2.07. The number of benzene rings is 2. The summed E-state index contributed by atoms with van der Waals surface area (Å²) in [4.78, 5) is 12.6. The third-order valence-corrected chi connectivity index (χ3v) is 4.29. The number of carbonyl (C=O) groups excluding carboxylic acids is 1. The maximum Gasteiger partial charge on any atom is 0.257 e. The molecule has 0 atom stereocenters. The molecule has 8 heteroatoms. The van der Waals surface area contributed by atoms with Gasteiger partial charge in [-0.1, -0.05) is 12.1 Å². The summed E-state index contributed by atoms with van der Waals surface area (Å²) < 4.78 is 10.3. The van der Waals surface area contributed by atoms with Gasteiger partial charge in [-0.3, -0.25) is 15.3 Å². The standard InChI is InChI=1S/C21H23N5O3/c1-14-19(21(27)22-12-15-4-8-17(28-2)9-5-15)20(26-24-14)25-23-13-16-6-10-18(29-3)11-7-16/h4-11,13H,12H2,1-3H3,(H,22,27)(H2,24,25,26)/b23-13+. The first-order valence-electron chi connectivity index (χ1n) is 9.00. The number of aromatic amines is 1. The van der Waals surface area contributed by atoms with Crippen molar-refractivity contribution in [3.8, 4) is 11.5 Å². The molecule has 0 radical (unpaired) electrons. The van der Waals surface area contributed by atoms with E-state index >= 15 is 0 Å². The van der Waals surface area contributed by atoms with Crippen LogP contribution >= 0.6 is 0 Å². The Morgan fingerprint density at radius 2 is 1.69 bits per heavy atom. The number of H-pyrrole nitrogens is 1. The molecular weight excluding hydrogens is 370 g/mol. The minimum absolute atomic E-state index is 0.241. The summed E-state index contributed by atoms with van der Waals surface area (Å²) in [5.41, 5.74) is 5.75. The van der Waals surface area contributed by atoms with Crippen LogP contribution in [0.4, 0.5) is 5.82 Å². The summed E-state index contributed by atoms with van der Waals surface area (Å²) in [6.07, 6.45) is 1.64. The fraction of sp³-hybridized carbons (Fsp3) is 0.190. The van der Waals surface area contributed by atoms with Gasteiger partial charge in [0.05, 0.1) is 20.4 Å². The van der Waals surface area contributed by atoms with Crippen molar-refractivity contribution >= 4 is 17.9 Å². The molecule has 0 bridgehead atoms. The van der Waals surface area contributed by atoms with Crippen molar-refractivity contribution in [1.29, 1.82) is 0 Å². The summed E-state index contributed by atoms with van der Waals surface area (Å²) in [6.45, 7) is 2.18. The van der Waals surface area contributed by atoms with E-state index in [0.717, 1.165) is 22.6 Å². The normalized spacial score (nSPS) is 10.7. The number of hydrazone groups is 1. The Bertz CT molecular complexity index is 979. The summed E-state index contributed by atoms with van der Waals surface area (Å²) in [6, 6.07) is 15.0. The van der Waals surface area contributed by atoms with E-state index in [0.29, 0.717) is 23.6 Å². The molecule has 29 heavy (non-hydrogen) atoms. The summed E-state index contributed by atoms with van der Waals surface area (Å²) in [5.74, 6) is 1.66. The number of hydrogen-bond donors (Lipinski definition) is 3. The van der Waals surface area contributed by atoms with E-state index in [4.69, 9.17) is 9.47 Å². The number of rotatable bonds is 8. The van der Waals surface area contributed by atoms with Gasteiger partial charge >= 0.3 is 0 Å². The fourth-order valence-electron chi connectivity index (χ4n) is 2.66. The molecule has 0 fully saturated rings. The summed E-state index contributed by atoms with van der Waals surface area (Å²) >= 11 is 0. The van der Waals surface area contributed by atoms with E-state index < -0.39 is 0 Å².